The van der Waals surface area contributed by atoms with Gasteiger partial charge in [-0.3, -0.25) is 4.98 Å². The number of ether oxygens (including phenoxy) is 1. The fraction of sp³-hybridized carbons (Fsp3) is 0.583. The molecule has 2 aromatic rings. The van der Waals surface area contributed by atoms with E-state index in [0.717, 1.165) is 23.2 Å². The van der Waals surface area contributed by atoms with Crippen LogP contribution in [0.3, 0.4) is 0 Å². The summed E-state index contributed by atoms with van der Waals surface area (Å²) in [6, 6.07) is 8.26. The van der Waals surface area contributed by atoms with Crippen LogP contribution in [-0.2, 0) is 0 Å². The number of rotatable bonds is 3. The van der Waals surface area contributed by atoms with Crippen LogP contribution in [0.5, 0.6) is 5.88 Å². The summed E-state index contributed by atoms with van der Waals surface area (Å²) in [7, 11) is 0. The summed E-state index contributed by atoms with van der Waals surface area (Å²) in [5.41, 5.74) is 6.13. The molecule has 0 N–H and O–H groups in total. The van der Waals surface area contributed by atoms with Gasteiger partial charge in [-0.2, -0.15) is 0 Å². The van der Waals surface area contributed by atoms with Crippen LogP contribution in [0.15, 0.2) is 24.3 Å². The minimum Gasteiger partial charge on any atom is -0.474 e. The van der Waals surface area contributed by atoms with E-state index in [2.05, 4.69) is 48.9 Å². The number of nitrogens with zero attached hydrogens (tertiary/aromatic N) is 2. The van der Waals surface area contributed by atoms with E-state index in [1.807, 2.05) is 40.7 Å². The third-order valence-corrected chi connectivity index (χ3v) is 4.38. The second kappa shape index (κ2) is 11.7. The maximum Gasteiger partial charge on any atom is 0.213 e. The lowest BCUT2D eigenvalue weighted by Crippen LogP contribution is -1.99. The Labute approximate surface area is 166 Å². The first-order chi connectivity index (χ1) is 13.0. The van der Waals surface area contributed by atoms with Gasteiger partial charge in [-0.05, 0) is 70.6 Å². The van der Waals surface area contributed by atoms with E-state index in [1.54, 1.807) is 0 Å². The van der Waals surface area contributed by atoms with Crippen molar-refractivity contribution in [2.75, 3.05) is 0 Å². The molecule has 2 aromatic heterocycles. The van der Waals surface area contributed by atoms with Crippen LogP contribution in [-0.4, -0.2) is 16.1 Å². The van der Waals surface area contributed by atoms with Crippen LogP contribution < -0.4 is 4.74 Å². The van der Waals surface area contributed by atoms with Crippen molar-refractivity contribution in [3.05, 3.63) is 52.5 Å². The maximum absolute atomic E-state index is 5.55. The Balaban J connectivity index is 0.000000229. The quantitative estimate of drug-likeness (QED) is 0.591. The maximum atomic E-state index is 5.55. The lowest BCUT2D eigenvalue weighted by Gasteiger charge is -2.04. The molecule has 2 heterocycles. The highest BCUT2D eigenvalue weighted by molar-refractivity contribution is 5.27. The number of aryl methyl sites for hydroxylation is 4. The molecule has 0 atom stereocenters. The van der Waals surface area contributed by atoms with Gasteiger partial charge < -0.3 is 4.74 Å². The molecule has 0 radical (unpaired) electrons. The van der Waals surface area contributed by atoms with Gasteiger partial charge in [0.15, 0.2) is 0 Å². The van der Waals surface area contributed by atoms with Crippen molar-refractivity contribution in [2.45, 2.75) is 93.1 Å². The van der Waals surface area contributed by atoms with Gasteiger partial charge in [0.25, 0.3) is 0 Å². The Hall–Kier alpha value is -1.90. The third kappa shape index (κ3) is 8.11. The first-order valence-corrected chi connectivity index (χ1v) is 10.6. The van der Waals surface area contributed by atoms with Crippen molar-refractivity contribution in [2.24, 2.45) is 0 Å². The Kier molecular flexibility index (Phi) is 10.1. The second-order valence-electron chi connectivity index (χ2n) is 6.80. The molecule has 0 aliphatic heterocycles. The molecule has 2 aliphatic carbocycles. The monoisotopic (exact) mass is 370 g/mol. The standard InChI is InChI=1S/C10H13NO.C10H13N.2C2H6/c1-7-3-6-10(11-8(7)2)12-9-4-5-9;1-7-3-4-8(2)11-10(7)9-5-6-9;2*1-2/h3,6,9H,4-5H2,1-2H3;3-4,9H,5-6H2,1-2H3;2*1-2H3. The van der Waals surface area contributed by atoms with E-state index in [1.165, 1.54) is 42.5 Å². The van der Waals surface area contributed by atoms with Gasteiger partial charge in [-0.25, -0.2) is 4.98 Å². The Morgan fingerprint density at radius 3 is 1.85 bits per heavy atom. The van der Waals surface area contributed by atoms with Crippen molar-refractivity contribution < 1.29 is 4.74 Å². The number of hydrogen-bond donors (Lipinski definition) is 0. The van der Waals surface area contributed by atoms with Crippen molar-refractivity contribution in [1.29, 1.82) is 0 Å². The highest BCUT2D eigenvalue weighted by atomic mass is 16.5. The van der Waals surface area contributed by atoms with Crippen LogP contribution in [0.2, 0.25) is 0 Å². The van der Waals surface area contributed by atoms with E-state index < -0.39 is 0 Å². The SMILES string of the molecule is CC.CC.Cc1ccc(C)c(C2CC2)n1.Cc1ccc(OC2CC2)nc1C. The molecular formula is C24H38N2O. The zero-order valence-corrected chi connectivity index (χ0v) is 18.6. The summed E-state index contributed by atoms with van der Waals surface area (Å²) >= 11 is 0. The predicted octanol–water partition coefficient (Wildman–Crippen LogP) is 6.87. The van der Waals surface area contributed by atoms with E-state index in [-0.39, 0.29) is 0 Å². The lowest BCUT2D eigenvalue weighted by molar-refractivity contribution is 0.290. The van der Waals surface area contributed by atoms with Crippen LogP contribution in [0, 0.1) is 27.7 Å². The zero-order chi connectivity index (χ0) is 20.4. The van der Waals surface area contributed by atoms with E-state index in [0.29, 0.717) is 6.10 Å². The molecule has 3 heteroatoms. The molecule has 2 aliphatic rings. The Morgan fingerprint density at radius 1 is 0.741 bits per heavy atom. The van der Waals surface area contributed by atoms with Gasteiger partial charge in [0, 0.05) is 29.1 Å². The molecule has 2 saturated carbocycles. The number of pyridine rings is 2. The van der Waals surface area contributed by atoms with E-state index in [4.69, 9.17) is 4.74 Å². The average Bonchev–Trinajstić information content (AvgIpc) is 3.59. The molecule has 2 fully saturated rings. The Morgan fingerprint density at radius 2 is 1.33 bits per heavy atom. The molecule has 27 heavy (non-hydrogen) atoms. The predicted molar refractivity (Wildman–Crippen MR) is 116 cm³/mol. The summed E-state index contributed by atoms with van der Waals surface area (Å²) in [4.78, 5) is 8.87. The molecule has 0 bridgehead atoms. The minimum absolute atomic E-state index is 0.444. The average molecular weight is 371 g/mol. The summed E-state index contributed by atoms with van der Waals surface area (Å²) in [6.45, 7) is 16.3. The molecule has 0 aromatic carbocycles. The normalized spacial score (nSPS) is 14.5. The van der Waals surface area contributed by atoms with Crippen molar-refractivity contribution in [3.8, 4) is 5.88 Å². The van der Waals surface area contributed by atoms with Gasteiger partial charge >= 0.3 is 0 Å². The van der Waals surface area contributed by atoms with Crippen LogP contribution in [0.25, 0.3) is 0 Å². The van der Waals surface area contributed by atoms with Gasteiger partial charge in [-0.15, -0.1) is 0 Å². The lowest BCUT2D eigenvalue weighted by atomic mass is 10.1. The fourth-order valence-corrected chi connectivity index (χ4v) is 2.45. The fourth-order valence-electron chi connectivity index (χ4n) is 2.45. The van der Waals surface area contributed by atoms with Crippen molar-refractivity contribution in [3.63, 3.8) is 0 Å². The molecular weight excluding hydrogens is 332 g/mol. The first-order valence-electron chi connectivity index (χ1n) is 10.6. The minimum atomic E-state index is 0.444. The molecule has 0 spiro atoms. The van der Waals surface area contributed by atoms with Crippen LogP contribution >= 0.6 is 0 Å². The smallest absolute Gasteiger partial charge is 0.213 e. The second-order valence-corrected chi connectivity index (χ2v) is 6.80. The van der Waals surface area contributed by atoms with Gasteiger partial charge in [0.05, 0.1) is 0 Å². The Bertz CT molecular complexity index is 689. The van der Waals surface area contributed by atoms with E-state index >= 15 is 0 Å². The number of aromatic nitrogens is 2. The summed E-state index contributed by atoms with van der Waals surface area (Å²) in [5, 5.41) is 0. The van der Waals surface area contributed by atoms with Gasteiger partial charge in [0.1, 0.15) is 6.10 Å². The summed E-state index contributed by atoms with van der Waals surface area (Å²) in [5.74, 6) is 1.57. The zero-order valence-electron chi connectivity index (χ0n) is 18.6. The van der Waals surface area contributed by atoms with Crippen molar-refractivity contribution in [1.82, 2.24) is 9.97 Å². The highest BCUT2D eigenvalue weighted by Gasteiger charge is 2.26. The van der Waals surface area contributed by atoms with Crippen LogP contribution in [0.4, 0.5) is 0 Å². The third-order valence-electron chi connectivity index (χ3n) is 4.38. The molecule has 3 nitrogen and oxygen atoms in total. The molecule has 0 amide bonds. The summed E-state index contributed by atoms with van der Waals surface area (Å²) in [6.07, 6.45) is 5.51. The first kappa shape index (κ1) is 23.1. The molecule has 0 saturated heterocycles. The van der Waals surface area contributed by atoms with Crippen LogP contribution in [0.1, 0.15) is 87.5 Å². The topological polar surface area (TPSA) is 35.0 Å². The molecule has 150 valence electrons. The molecule has 0 unspecified atom stereocenters. The van der Waals surface area contributed by atoms with Gasteiger partial charge in [-0.1, -0.05) is 39.8 Å². The highest BCUT2D eigenvalue weighted by Crippen LogP contribution is 2.40. The summed E-state index contributed by atoms with van der Waals surface area (Å²) < 4.78 is 5.55. The van der Waals surface area contributed by atoms with Gasteiger partial charge in [0.2, 0.25) is 5.88 Å². The van der Waals surface area contributed by atoms with E-state index in [9.17, 15) is 0 Å². The number of hydrogen-bond acceptors (Lipinski definition) is 3. The van der Waals surface area contributed by atoms with Crippen molar-refractivity contribution >= 4 is 0 Å². The largest absolute Gasteiger partial charge is 0.474 e. The molecule has 4 rings (SSSR count).